The van der Waals surface area contributed by atoms with Crippen LogP contribution < -0.4 is 5.73 Å². The van der Waals surface area contributed by atoms with Crippen LogP contribution in [0.15, 0.2) is 60.8 Å². The maximum absolute atomic E-state index is 6.14. The zero-order chi connectivity index (χ0) is 20.7. The van der Waals surface area contributed by atoms with E-state index in [1.165, 1.54) is 29.3 Å². The molecule has 3 heterocycles. The van der Waals surface area contributed by atoms with Gasteiger partial charge in [0, 0.05) is 30.0 Å². The molecule has 0 saturated carbocycles. The first-order chi connectivity index (χ1) is 14.6. The quantitative estimate of drug-likeness (QED) is 0.557. The summed E-state index contributed by atoms with van der Waals surface area (Å²) >= 11 is 0. The SMILES string of the molecule is CN1CCC(N(C)Cc2c(-c3ccc4ccccc4c3)nc3ccc(N)cn23)CC1. The summed E-state index contributed by atoms with van der Waals surface area (Å²) in [5.74, 6) is 0. The third-order valence-corrected chi connectivity index (χ3v) is 6.47. The minimum absolute atomic E-state index is 0.595. The van der Waals surface area contributed by atoms with Crippen LogP contribution in [0.3, 0.4) is 0 Å². The molecule has 154 valence electrons. The number of benzene rings is 2. The molecule has 1 aliphatic heterocycles. The Kier molecular flexibility index (Phi) is 4.93. The Morgan fingerprint density at radius 2 is 1.80 bits per heavy atom. The third-order valence-electron chi connectivity index (χ3n) is 6.47. The van der Waals surface area contributed by atoms with Gasteiger partial charge in [0.15, 0.2) is 0 Å². The van der Waals surface area contributed by atoms with Crippen molar-refractivity contribution in [3.8, 4) is 11.3 Å². The van der Waals surface area contributed by atoms with Gasteiger partial charge in [-0.25, -0.2) is 4.98 Å². The van der Waals surface area contributed by atoms with Gasteiger partial charge in [-0.3, -0.25) is 4.90 Å². The summed E-state index contributed by atoms with van der Waals surface area (Å²) in [6, 6.07) is 19.6. The minimum atomic E-state index is 0.595. The lowest BCUT2D eigenvalue weighted by Gasteiger charge is -2.35. The maximum atomic E-state index is 6.14. The second-order valence-corrected chi connectivity index (χ2v) is 8.61. The molecule has 2 aromatic heterocycles. The van der Waals surface area contributed by atoms with Gasteiger partial charge in [-0.1, -0.05) is 36.4 Å². The van der Waals surface area contributed by atoms with Crippen LogP contribution in [0.1, 0.15) is 18.5 Å². The fourth-order valence-electron chi connectivity index (χ4n) is 4.63. The summed E-state index contributed by atoms with van der Waals surface area (Å²) in [4.78, 5) is 9.92. The summed E-state index contributed by atoms with van der Waals surface area (Å²) in [6.45, 7) is 3.17. The van der Waals surface area contributed by atoms with Crippen molar-refractivity contribution >= 4 is 22.1 Å². The van der Waals surface area contributed by atoms with E-state index in [9.17, 15) is 0 Å². The van der Waals surface area contributed by atoms with E-state index in [1.54, 1.807) is 0 Å². The zero-order valence-corrected chi connectivity index (χ0v) is 17.8. The predicted molar refractivity (Wildman–Crippen MR) is 125 cm³/mol. The van der Waals surface area contributed by atoms with Crippen molar-refractivity contribution in [1.82, 2.24) is 19.2 Å². The van der Waals surface area contributed by atoms with Gasteiger partial charge in [0.25, 0.3) is 0 Å². The molecule has 0 bridgehead atoms. The molecule has 1 aliphatic rings. The molecule has 5 heteroatoms. The van der Waals surface area contributed by atoms with Gasteiger partial charge in [-0.15, -0.1) is 0 Å². The molecular formula is C25H29N5. The number of imidazole rings is 1. The van der Waals surface area contributed by atoms with Gasteiger partial charge in [0.1, 0.15) is 5.65 Å². The van der Waals surface area contributed by atoms with Crippen LogP contribution in [0.25, 0.3) is 27.7 Å². The van der Waals surface area contributed by atoms with Crippen LogP contribution in [0.4, 0.5) is 5.69 Å². The molecule has 2 aromatic carbocycles. The molecule has 0 amide bonds. The number of hydrogen-bond donors (Lipinski definition) is 1. The molecule has 0 radical (unpaired) electrons. The Bertz CT molecular complexity index is 1190. The van der Waals surface area contributed by atoms with E-state index in [0.717, 1.165) is 42.2 Å². The molecule has 0 aliphatic carbocycles. The molecule has 0 unspecified atom stereocenters. The number of likely N-dealkylation sites (tertiary alicyclic amines) is 1. The average molecular weight is 400 g/mol. The van der Waals surface area contributed by atoms with Crippen LogP contribution in [-0.2, 0) is 6.54 Å². The number of anilines is 1. The normalized spacial score (nSPS) is 16.1. The van der Waals surface area contributed by atoms with E-state index < -0.39 is 0 Å². The molecule has 1 fully saturated rings. The van der Waals surface area contributed by atoms with E-state index >= 15 is 0 Å². The first-order valence-electron chi connectivity index (χ1n) is 10.7. The first-order valence-corrected chi connectivity index (χ1v) is 10.7. The smallest absolute Gasteiger partial charge is 0.137 e. The number of fused-ring (bicyclic) bond motifs is 2. The van der Waals surface area contributed by atoms with Gasteiger partial charge in [0.2, 0.25) is 0 Å². The molecule has 4 aromatic rings. The van der Waals surface area contributed by atoms with Crippen molar-refractivity contribution in [3.63, 3.8) is 0 Å². The highest BCUT2D eigenvalue weighted by Crippen LogP contribution is 2.30. The van der Waals surface area contributed by atoms with Gasteiger partial charge >= 0.3 is 0 Å². The highest BCUT2D eigenvalue weighted by molar-refractivity contribution is 5.87. The number of nitrogen functional groups attached to an aromatic ring is 1. The molecule has 5 rings (SSSR count). The molecule has 5 nitrogen and oxygen atoms in total. The number of nitrogens with zero attached hydrogens (tertiary/aromatic N) is 4. The molecule has 1 saturated heterocycles. The molecule has 2 N–H and O–H groups in total. The van der Waals surface area contributed by atoms with Crippen molar-refractivity contribution in [1.29, 1.82) is 0 Å². The van der Waals surface area contributed by atoms with Gasteiger partial charge in [-0.2, -0.15) is 0 Å². The van der Waals surface area contributed by atoms with E-state index in [-0.39, 0.29) is 0 Å². The monoisotopic (exact) mass is 399 g/mol. The van der Waals surface area contributed by atoms with Crippen LogP contribution in [-0.4, -0.2) is 52.4 Å². The number of piperidine rings is 1. The summed E-state index contributed by atoms with van der Waals surface area (Å²) in [5.41, 5.74) is 11.2. The fourth-order valence-corrected chi connectivity index (χ4v) is 4.63. The van der Waals surface area contributed by atoms with Crippen molar-refractivity contribution in [2.24, 2.45) is 0 Å². The Hall–Kier alpha value is -2.89. The van der Waals surface area contributed by atoms with E-state index in [0.29, 0.717) is 6.04 Å². The van der Waals surface area contributed by atoms with Gasteiger partial charge in [-0.05, 0) is 69.0 Å². The fraction of sp³-hybridized carbons (Fsp3) is 0.320. The summed E-state index contributed by atoms with van der Waals surface area (Å²) in [7, 11) is 4.45. The minimum Gasteiger partial charge on any atom is -0.398 e. The lowest BCUT2D eigenvalue weighted by atomic mass is 10.0. The van der Waals surface area contributed by atoms with Crippen LogP contribution in [0.2, 0.25) is 0 Å². The molecular weight excluding hydrogens is 370 g/mol. The van der Waals surface area contributed by atoms with Crippen molar-refractivity contribution < 1.29 is 0 Å². The predicted octanol–water partition coefficient (Wildman–Crippen LogP) is 4.26. The lowest BCUT2D eigenvalue weighted by molar-refractivity contribution is 0.138. The number of hydrogen-bond acceptors (Lipinski definition) is 4. The highest BCUT2D eigenvalue weighted by Gasteiger charge is 2.23. The molecule has 30 heavy (non-hydrogen) atoms. The summed E-state index contributed by atoms with van der Waals surface area (Å²) < 4.78 is 2.17. The van der Waals surface area contributed by atoms with Crippen molar-refractivity contribution in [2.45, 2.75) is 25.4 Å². The Morgan fingerprint density at radius 3 is 2.60 bits per heavy atom. The zero-order valence-electron chi connectivity index (χ0n) is 17.8. The second kappa shape index (κ2) is 7.74. The Labute approximate surface area is 177 Å². The standard InChI is InChI=1S/C25H29N5/c1-28-13-11-22(12-14-28)29(2)17-23-25(27-24-10-9-21(26)16-30(23)24)20-8-7-18-5-3-4-6-19(18)15-20/h3-10,15-16,22H,11-14,17,26H2,1-2H3. The van der Waals surface area contributed by atoms with Crippen molar-refractivity contribution in [2.75, 3.05) is 32.9 Å². The van der Waals surface area contributed by atoms with E-state index in [2.05, 4.69) is 70.8 Å². The Balaban J connectivity index is 1.57. The third kappa shape index (κ3) is 3.55. The largest absolute Gasteiger partial charge is 0.398 e. The van der Waals surface area contributed by atoms with Crippen LogP contribution in [0, 0.1) is 0 Å². The van der Waals surface area contributed by atoms with E-state index in [1.807, 2.05) is 18.3 Å². The number of aromatic nitrogens is 2. The van der Waals surface area contributed by atoms with Crippen LogP contribution in [0.5, 0.6) is 0 Å². The summed E-state index contributed by atoms with van der Waals surface area (Å²) in [5, 5.41) is 2.49. The topological polar surface area (TPSA) is 49.8 Å². The van der Waals surface area contributed by atoms with Crippen molar-refractivity contribution in [3.05, 3.63) is 66.5 Å². The van der Waals surface area contributed by atoms with Gasteiger partial charge in [0.05, 0.1) is 11.4 Å². The Morgan fingerprint density at radius 1 is 1.03 bits per heavy atom. The maximum Gasteiger partial charge on any atom is 0.137 e. The highest BCUT2D eigenvalue weighted by atomic mass is 15.2. The van der Waals surface area contributed by atoms with Crippen LogP contribution >= 0.6 is 0 Å². The second-order valence-electron chi connectivity index (χ2n) is 8.61. The number of pyridine rings is 1. The number of nitrogens with two attached hydrogens (primary N) is 1. The van der Waals surface area contributed by atoms with Gasteiger partial charge < -0.3 is 15.0 Å². The molecule has 0 spiro atoms. The first kappa shape index (κ1) is 19.1. The lowest BCUT2D eigenvalue weighted by Crippen LogP contribution is -2.41. The molecule has 0 atom stereocenters. The summed E-state index contributed by atoms with van der Waals surface area (Å²) in [6.07, 6.45) is 4.42. The van der Waals surface area contributed by atoms with E-state index in [4.69, 9.17) is 10.7 Å². The number of rotatable bonds is 4. The average Bonchev–Trinajstić information content (AvgIpc) is 3.11.